The van der Waals surface area contributed by atoms with Crippen LogP contribution in [-0.2, 0) is 9.53 Å². The van der Waals surface area contributed by atoms with Crippen LogP contribution in [0, 0.1) is 5.82 Å². The summed E-state index contributed by atoms with van der Waals surface area (Å²) in [5.41, 5.74) is 5.39. The zero-order valence-electron chi connectivity index (χ0n) is 9.23. The molecule has 1 aromatic rings. The molecule has 1 aromatic carbocycles. The van der Waals surface area contributed by atoms with Gasteiger partial charge in [-0.05, 0) is 0 Å². The molecule has 0 bridgehead atoms. The second-order valence-electron chi connectivity index (χ2n) is 3.65. The average Bonchev–Trinajstić information content (AvgIpc) is 2.31. The monoisotopic (exact) mass is 241 g/mol. The van der Waals surface area contributed by atoms with E-state index in [4.69, 9.17) is 15.2 Å². The largest absolute Gasteiger partial charge is 0.486 e. The first kappa shape index (κ1) is 11.5. The zero-order valence-corrected chi connectivity index (χ0v) is 9.23. The van der Waals surface area contributed by atoms with Gasteiger partial charge in [0.2, 0.25) is 0 Å². The third kappa shape index (κ3) is 2.41. The molecule has 1 atom stereocenters. The van der Waals surface area contributed by atoms with Gasteiger partial charge in [-0.25, -0.2) is 4.39 Å². The molecule has 1 heterocycles. The lowest BCUT2D eigenvalue weighted by Gasteiger charge is -2.26. The SMILES string of the molecule is COC(=O)CC1COc2cc(F)c(N)cc2O1. The third-order valence-electron chi connectivity index (χ3n) is 2.40. The molecule has 5 nitrogen and oxygen atoms in total. The summed E-state index contributed by atoms with van der Waals surface area (Å²) >= 11 is 0. The molecule has 1 unspecified atom stereocenters. The maximum atomic E-state index is 13.1. The Labute approximate surface area is 97.3 Å². The van der Waals surface area contributed by atoms with Gasteiger partial charge in [-0.2, -0.15) is 0 Å². The third-order valence-corrected chi connectivity index (χ3v) is 2.40. The van der Waals surface area contributed by atoms with Crippen molar-refractivity contribution in [3.05, 3.63) is 17.9 Å². The number of ether oxygens (including phenoxy) is 3. The lowest BCUT2D eigenvalue weighted by molar-refractivity contribution is -0.143. The summed E-state index contributed by atoms with van der Waals surface area (Å²) in [6.07, 6.45) is -0.368. The van der Waals surface area contributed by atoms with Crippen LogP contribution in [-0.4, -0.2) is 25.8 Å². The standard InChI is InChI=1S/C11H12FNO4/c1-15-11(14)2-6-5-16-9-3-7(12)8(13)4-10(9)17-6/h3-4,6H,2,5,13H2,1H3. The molecule has 6 heteroatoms. The highest BCUT2D eigenvalue weighted by Crippen LogP contribution is 2.35. The van der Waals surface area contributed by atoms with Crippen molar-refractivity contribution in [2.24, 2.45) is 0 Å². The minimum Gasteiger partial charge on any atom is -0.486 e. The lowest BCUT2D eigenvalue weighted by Crippen LogP contribution is -2.31. The van der Waals surface area contributed by atoms with E-state index in [1.807, 2.05) is 0 Å². The molecule has 2 N–H and O–H groups in total. The molecule has 17 heavy (non-hydrogen) atoms. The zero-order chi connectivity index (χ0) is 12.4. The van der Waals surface area contributed by atoms with Crippen LogP contribution in [0.2, 0.25) is 0 Å². The first-order valence-corrected chi connectivity index (χ1v) is 5.05. The van der Waals surface area contributed by atoms with E-state index < -0.39 is 17.9 Å². The van der Waals surface area contributed by atoms with Gasteiger partial charge in [0, 0.05) is 12.1 Å². The maximum Gasteiger partial charge on any atom is 0.309 e. The van der Waals surface area contributed by atoms with Gasteiger partial charge >= 0.3 is 5.97 Å². The van der Waals surface area contributed by atoms with E-state index in [2.05, 4.69) is 4.74 Å². The summed E-state index contributed by atoms with van der Waals surface area (Å²) in [4.78, 5) is 11.1. The van der Waals surface area contributed by atoms with Crippen LogP contribution in [0.25, 0.3) is 0 Å². The van der Waals surface area contributed by atoms with Crippen molar-refractivity contribution < 1.29 is 23.4 Å². The van der Waals surface area contributed by atoms with Crippen LogP contribution < -0.4 is 15.2 Å². The van der Waals surface area contributed by atoms with E-state index in [1.54, 1.807) is 0 Å². The van der Waals surface area contributed by atoms with Gasteiger partial charge in [-0.3, -0.25) is 4.79 Å². The molecular formula is C11H12FNO4. The fourth-order valence-corrected chi connectivity index (χ4v) is 1.52. The van der Waals surface area contributed by atoms with Crippen LogP contribution in [0.5, 0.6) is 11.5 Å². The molecule has 0 aliphatic carbocycles. The number of esters is 1. The summed E-state index contributed by atoms with van der Waals surface area (Å²) in [7, 11) is 1.30. The quantitative estimate of drug-likeness (QED) is 0.620. The normalized spacial score (nSPS) is 17.6. The number of benzene rings is 1. The molecule has 1 aliphatic rings. The van der Waals surface area contributed by atoms with E-state index in [9.17, 15) is 9.18 Å². The second kappa shape index (κ2) is 4.48. The Bertz CT molecular complexity index is 449. The first-order valence-electron chi connectivity index (χ1n) is 5.05. The minimum atomic E-state index is -0.557. The van der Waals surface area contributed by atoms with Gasteiger partial charge in [0.15, 0.2) is 11.5 Å². The molecule has 0 spiro atoms. The van der Waals surface area contributed by atoms with Crippen molar-refractivity contribution in [2.45, 2.75) is 12.5 Å². The number of nitrogen functional groups attached to an aromatic ring is 1. The maximum absolute atomic E-state index is 13.1. The molecule has 0 radical (unpaired) electrons. The Balaban J connectivity index is 2.13. The molecule has 1 aliphatic heterocycles. The van der Waals surface area contributed by atoms with Gasteiger partial charge in [0.1, 0.15) is 18.5 Å². The van der Waals surface area contributed by atoms with Crippen molar-refractivity contribution in [1.82, 2.24) is 0 Å². The summed E-state index contributed by atoms with van der Waals surface area (Å²) in [5, 5.41) is 0. The molecule has 92 valence electrons. The van der Waals surface area contributed by atoms with Gasteiger partial charge in [0.25, 0.3) is 0 Å². The van der Waals surface area contributed by atoms with Crippen LogP contribution in [0.4, 0.5) is 10.1 Å². The van der Waals surface area contributed by atoms with Gasteiger partial charge in [-0.15, -0.1) is 0 Å². The molecule has 0 amide bonds. The number of carbonyl (C=O) groups is 1. The summed E-state index contributed by atoms with van der Waals surface area (Å²) in [6.45, 7) is 0.172. The number of hydrogen-bond acceptors (Lipinski definition) is 5. The Hall–Kier alpha value is -1.98. The number of anilines is 1. The predicted molar refractivity (Wildman–Crippen MR) is 57.4 cm³/mol. The van der Waals surface area contributed by atoms with Crippen molar-refractivity contribution >= 4 is 11.7 Å². The highest BCUT2D eigenvalue weighted by Gasteiger charge is 2.25. The Morgan fingerprint density at radius 2 is 2.35 bits per heavy atom. The number of hydrogen-bond donors (Lipinski definition) is 1. The smallest absolute Gasteiger partial charge is 0.309 e. The van der Waals surface area contributed by atoms with Crippen LogP contribution >= 0.6 is 0 Å². The average molecular weight is 241 g/mol. The predicted octanol–water partition coefficient (Wildman–Crippen LogP) is 1.11. The van der Waals surface area contributed by atoms with Crippen molar-refractivity contribution in [3.63, 3.8) is 0 Å². The fraction of sp³-hybridized carbons (Fsp3) is 0.364. The van der Waals surface area contributed by atoms with E-state index in [-0.39, 0.29) is 24.5 Å². The van der Waals surface area contributed by atoms with E-state index in [0.717, 1.165) is 0 Å². The number of fused-ring (bicyclic) bond motifs is 1. The summed E-state index contributed by atoms with van der Waals surface area (Å²) < 4.78 is 28.4. The number of nitrogens with two attached hydrogens (primary N) is 1. The van der Waals surface area contributed by atoms with Crippen molar-refractivity contribution in [3.8, 4) is 11.5 Å². The topological polar surface area (TPSA) is 70.8 Å². The molecule has 0 saturated carbocycles. The Kier molecular flexibility index (Phi) is 3.03. The highest BCUT2D eigenvalue weighted by atomic mass is 19.1. The van der Waals surface area contributed by atoms with Crippen LogP contribution in [0.1, 0.15) is 6.42 Å². The molecule has 2 rings (SSSR count). The van der Waals surface area contributed by atoms with Crippen molar-refractivity contribution in [1.29, 1.82) is 0 Å². The van der Waals surface area contributed by atoms with E-state index in [1.165, 1.54) is 19.2 Å². The Morgan fingerprint density at radius 1 is 1.59 bits per heavy atom. The van der Waals surface area contributed by atoms with E-state index >= 15 is 0 Å². The van der Waals surface area contributed by atoms with E-state index in [0.29, 0.717) is 5.75 Å². The van der Waals surface area contributed by atoms with Gasteiger partial charge in [0.05, 0.1) is 19.2 Å². The minimum absolute atomic E-state index is 0.0222. The highest BCUT2D eigenvalue weighted by molar-refractivity contribution is 5.70. The second-order valence-corrected chi connectivity index (χ2v) is 3.65. The Morgan fingerprint density at radius 3 is 3.06 bits per heavy atom. The van der Waals surface area contributed by atoms with Crippen molar-refractivity contribution in [2.75, 3.05) is 19.5 Å². The molecule has 0 aromatic heterocycles. The number of halogens is 1. The molecule has 0 saturated heterocycles. The molecule has 0 fully saturated rings. The first-order chi connectivity index (χ1) is 8.10. The van der Waals surface area contributed by atoms with Gasteiger partial charge < -0.3 is 19.9 Å². The number of methoxy groups -OCH3 is 1. The number of carbonyl (C=O) groups excluding carboxylic acids is 1. The van der Waals surface area contributed by atoms with Crippen LogP contribution in [0.3, 0.4) is 0 Å². The van der Waals surface area contributed by atoms with Gasteiger partial charge in [-0.1, -0.05) is 0 Å². The van der Waals surface area contributed by atoms with Crippen LogP contribution in [0.15, 0.2) is 12.1 Å². The fourth-order valence-electron chi connectivity index (χ4n) is 1.52. The summed E-state index contributed by atoms with van der Waals surface area (Å²) in [5.74, 6) is -0.322. The molecular weight excluding hydrogens is 229 g/mol. The number of rotatable bonds is 2. The summed E-state index contributed by atoms with van der Waals surface area (Å²) in [6, 6.07) is 2.51. The lowest BCUT2D eigenvalue weighted by atomic mass is 10.2.